The van der Waals surface area contributed by atoms with Crippen molar-refractivity contribution in [3.63, 3.8) is 0 Å². The fourth-order valence-electron chi connectivity index (χ4n) is 2.12. The Morgan fingerprint density at radius 3 is 1.72 bits per heavy atom. The molecule has 0 atom stereocenters. The van der Waals surface area contributed by atoms with E-state index < -0.39 is 0 Å². The van der Waals surface area contributed by atoms with Crippen LogP contribution in [-0.4, -0.2) is 12.3 Å². The van der Waals surface area contributed by atoms with Crippen molar-refractivity contribution in [2.45, 2.75) is 11.7 Å². The second-order valence-electron chi connectivity index (χ2n) is 4.47. The first-order valence-corrected chi connectivity index (χ1v) is 7.30. The minimum absolute atomic E-state index is 0.0141. The molecule has 2 aromatic rings. The molecule has 2 aromatic carbocycles. The Morgan fingerprint density at radius 2 is 1.33 bits per heavy atom. The van der Waals surface area contributed by atoms with Crippen molar-refractivity contribution < 1.29 is 5.73 Å². The van der Waals surface area contributed by atoms with Gasteiger partial charge in [-0.15, -0.1) is 11.8 Å². The van der Waals surface area contributed by atoms with E-state index in [0.29, 0.717) is 0 Å². The molecule has 0 aliphatic rings. The average molecular weight is 258 g/mol. The molecular weight excluding hydrogens is 238 g/mol. The van der Waals surface area contributed by atoms with Crippen molar-refractivity contribution in [3.05, 3.63) is 71.8 Å². The third-order valence-electron chi connectivity index (χ3n) is 3.18. The first kappa shape index (κ1) is 13.2. The second kappa shape index (κ2) is 6.07. The summed E-state index contributed by atoms with van der Waals surface area (Å²) >= 11 is 1.97. The molecule has 0 aliphatic heterocycles. The quantitative estimate of drug-likeness (QED) is 0.877. The second-order valence-corrected chi connectivity index (χ2v) is 5.98. The molecule has 0 heterocycles. The summed E-state index contributed by atoms with van der Waals surface area (Å²) in [6, 6.07) is 21.4. The molecule has 0 radical (unpaired) electrons. The lowest BCUT2D eigenvalue weighted by Crippen LogP contribution is -2.51. The van der Waals surface area contributed by atoms with Crippen molar-refractivity contribution >= 4 is 11.8 Å². The Balaban J connectivity index is 2.41. The van der Waals surface area contributed by atoms with E-state index in [-0.39, 0.29) is 4.75 Å². The highest BCUT2D eigenvalue weighted by molar-refractivity contribution is 8.00. The van der Waals surface area contributed by atoms with Gasteiger partial charge in [0.1, 0.15) is 0 Å². The smallest absolute Gasteiger partial charge is 0.0832 e. The molecule has 2 rings (SSSR count). The first-order chi connectivity index (χ1) is 8.77. The SMILES string of the molecule is CC(SCC[NH3+])(c1ccccc1)c1ccccc1. The lowest BCUT2D eigenvalue weighted by atomic mass is 9.92. The maximum atomic E-state index is 3.96. The molecule has 18 heavy (non-hydrogen) atoms. The average Bonchev–Trinajstić information content (AvgIpc) is 2.46. The van der Waals surface area contributed by atoms with Crippen LogP contribution in [0.25, 0.3) is 0 Å². The Bertz CT molecular complexity index is 427. The molecule has 0 aromatic heterocycles. The minimum Gasteiger partial charge on any atom is -0.357 e. The van der Waals surface area contributed by atoms with Crippen LogP contribution in [0.5, 0.6) is 0 Å². The maximum Gasteiger partial charge on any atom is 0.0832 e. The number of rotatable bonds is 5. The van der Waals surface area contributed by atoms with Gasteiger partial charge in [0.2, 0.25) is 0 Å². The van der Waals surface area contributed by atoms with Crippen LogP contribution in [0.1, 0.15) is 18.1 Å². The molecule has 0 saturated carbocycles. The van der Waals surface area contributed by atoms with Crippen LogP contribution in [0.15, 0.2) is 60.7 Å². The van der Waals surface area contributed by atoms with Crippen LogP contribution in [-0.2, 0) is 4.75 Å². The number of hydrogen-bond donors (Lipinski definition) is 1. The van der Waals surface area contributed by atoms with E-state index in [1.54, 1.807) is 0 Å². The molecule has 1 nitrogen and oxygen atoms in total. The van der Waals surface area contributed by atoms with Crippen LogP contribution >= 0.6 is 11.8 Å². The van der Waals surface area contributed by atoms with Crippen LogP contribution in [0, 0.1) is 0 Å². The lowest BCUT2D eigenvalue weighted by Gasteiger charge is -2.30. The van der Waals surface area contributed by atoms with Crippen molar-refractivity contribution in [3.8, 4) is 0 Å². The normalized spacial score (nSPS) is 11.4. The molecule has 0 spiro atoms. The fraction of sp³-hybridized carbons (Fsp3) is 0.250. The molecule has 3 N–H and O–H groups in total. The van der Waals surface area contributed by atoms with Crippen molar-refractivity contribution in [1.82, 2.24) is 0 Å². The van der Waals surface area contributed by atoms with Crippen LogP contribution < -0.4 is 5.73 Å². The Kier molecular flexibility index (Phi) is 4.45. The molecule has 0 unspecified atom stereocenters. The maximum absolute atomic E-state index is 3.96. The highest BCUT2D eigenvalue weighted by Gasteiger charge is 2.28. The van der Waals surface area contributed by atoms with Gasteiger partial charge in [-0.2, -0.15) is 0 Å². The molecule has 2 heteroatoms. The van der Waals surface area contributed by atoms with Gasteiger partial charge in [-0.1, -0.05) is 60.7 Å². The number of thioether (sulfide) groups is 1. The summed E-state index contributed by atoms with van der Waals surface area (Å²) in [5.74, 6) is 1.07. The van der Waals surface area contributed by atoms with Gasteiger partial charge in [0.25, 0.3) is 0 Å². The third-order valence-corrected chi connectivity index (χ3v) is 4.73. The first-order valence-electron chi connectivity index (χ1n) is 6.31. The van der Waals surface area contributed by atoms with E-state index in [0.717, 1.165) is 12.3 Å². The van der Waals surface area contributed by atoms with Crippen molar-refractivity contribution in [2.24, 2.45) is 0 Å². The zero-order valence-electron chi connectivity index (χ0n) is 10.8. The summed E-state index contributed by atoms with van der Waals surface area (Å²) < 4.78 is 0.0141. The lowest BCUT2D eigenvalue weighted by molar-refractivity contribution is -0.360. The summed E-state index contributed by atoms with van der Waals surface area (Å²) in [5, 5.41) is 0. The Labute approximate surface area is 113 Å². The van der Waals surface area contributed by atoms with Gasteiger partial charge in [-0.3, -0.25) is 0 Å². The standard InChI is InChI=1S/C16H19NS/c1-16(18-13-12-17,14-8-4-2-5-9-14)15-10-6-3-7-11-15/h2-11H,12-13,17H2,1H3/p+1. The van der Waals surface area contributed by atoms with Crippen LogP contribution in [0.2, 0.25) is 0 Å². The molecule has 0 bridgehead atoms. The van der Waals surface area contributed by atoms with E-state index in [9.17, 15) is 0 Å². The van der Waals surface area contributed by atoms with E-state index in [4.69, 9.17) is 0 Å². The summed E-state index contributed by atoms with van der Waals surface area (Å²) in [6.45, 7) is 3.26. The van der Waals surface area contributed by atoms with Crippen LogP contribution in [0.3, 0.4) is 0 Å². The third kappa shape index (κ3) is 2.77. The van der Waals surface area contributed by atoms with Gasteiger partial charge in [-0.25, -0.2) is 0 Å². The zero-order valence-corrected chi connectivity index (χ0v) is 11.6. The number of quaternary nitrogens is 1. The predicted molar refractivity (Wildman–Crippen MR) is 79.6 cm³/mol. The van der Waals surface area contributed by atoms with Gasteiger partial charge in [0.15, 0.2) is 0 Å². The van der Waals surface area contributed by atoms with Crippen LogP contribution in [0.4, 0.5) is 0 Å². The monoisotopic (exact) mass is 258 g/mol. The van der Waals surface area contributed by atoms with E-state index in [2.05, 4.69) is 73.3 Å². The minimum atomic E-state index is 0.0141. The van der Waals surface area contributed by atoms with E-state index in [1.165, 1.54) is 11.1 Å². The Morgan fingerprint density at radius 1 is 0.889 bits per heavy atom. The fourth-order valence-corrected chi connectivity index (χ4v) is 3.28. The zero-order chi connectivity index (χ0) is 12.8. The van der Waals surface area contributed by atoms with Gasteiger partial charge >= 0.3 is 0 Å². The highest BCUT2D eigenvalue weighted by atomic mass is 32.2. The van der Waals surface area contributed by atoms with E-state index in [1.807, 2.05) is 11.8 Å². The van der Waals surface area contributed by atoms with E-state index >= 15 is 0 Å². The van der Waals surface area contributed by atoms with Gasteiger partial charge in [-0.05, 0) is 18.1 Å². The summed E-state index contributed by atoms with van der Waals surface area (Å²) in [7, 11) is 0. The molecule has 0 amide bonds. The van der Waals surface area contributed by atoms with Crippen molar-refractivity contribution in [1.29, 1.82) is 0 Å². The number of benzene rings is 2. The molecular formula is C16H20NS+. The predicted octanol–water partition coefficient (Wildman–Crippen LogP) is 2.93. The Hall–Kier alpha value is -1.25. The molecule has 0 fully saturated rings. The largest absolute Gasteiger partial charge is 0.357 e. The van der Waals surface area contributed by atoms with Gasteiger partial charge < -0.3 is 5.73 Å². The summed E-state index contributed by atoms with van der Waals surface area (Å²) in [6.07, 6.45) is 0. The number of hydrogen-bond acceptors (Lipinski definition) is 1. The molecule has 94 valence electrons. The topological polar surface area (TPSA) is 27.6 Å². The van der Waals surface area contributed by atoms with Gasteiger partial charge in [0, 0.05) is 5.75 Å². The molecule has 0 aliphatic carbocycles. The highest BCUT2D eigenvalue weighted by Crippen LogP contribution is 2.41. The molecule has 0 saturated heterocycles. The summed E-state index contributed by atoms with van der Waals surface area (Å²) in [4.78, 5) is 0. The van der Waals surface area contributed by atoms with Gasteiger partial charge in [0.05, 0.1) is 11.3 Å². The summed E-state index contributed by atoms with van der Waals surface area (Å²) in [5.41, 5.74) is 6.67. The van der Waals surface area contributed by atoms with Crippen molar-refractivity contribution in [2.75, 3.05) is 12.3 Å².